The normalized spacial score (nSPS) is 14.9. The summed E-state index contributed by atoms with van der Waals surface area (Å²) in [6.45, 7) is 7.18. The van der Waals surface area contributed by atoms with Gasteiger partial charge in [0.25, 0.3) is 0 Å². The van der Waals surface area contributed by atoms with Crippen LogP contribution in [0.15, 0.2) is 0 Å². The maximum Gasteiger partial charge on any atom is 0.321 e. The molecule has 0 spiro atoms. The van der Waals surface area contributed by atoms with Crippen LogP contribution in [0.2, 0.25) is 0 Å². The van der Waals surface area contributed by atoms with Gasteiger partial charge in [-0.2, -0.15) is 11.8 Å². The summed E-state index contributed by atoms with van der Waals surface area (Å²) >= 11 is 1.73. The fraction of sp³-hybridized carbons (Fsp3) is 0.909. The Morgan fingerprint density at radius 3 is 2.53 bits per heavy atom. The number of hydrogen-bond donors (Lipinski definition) is 2. The van der Waals surface area contributed by atoms with Gasteiger partial charge in [-0.3, -0.25) is 4.79 Å². The standard InChI is InChI=1S/C11H23NO2S/c1-4-6-12-10(11(13)14)8-15-7-9(3)5-2/h9-10,12H,4-8H2,1-3H3,(H,13,14). The van der Waals surface area contributed by atoms with Crippen molar-refractivity contribution in [2.45, 2.75) is 39.7 Å². The van der Waals surface area contributed by atoms with Gasteiger partial charge in [-0.15, -0.1) is 0 Å². The fourth-order valence-electron chi connectivity index (χ4n) is 1.04. The molecule has 0 amide bonds. The summed E-state index contributed by atoms with van der Waals surface area (Å²) in [6.07, 6.45) is 2.13. The number of aliphatic carboxylic acids is 1. The number of carbonyl (C=O) groups is 1. The van der Waals surface area contributed by atoms with Crippen LogP contribution in [-0.4, -0.2) is 35.2 Å². The third-order valence-electron chi connectivity index (χ3n) is 2.32. The molecule has 0 heterocycles. The van der Waals surface area contributed by atoms with Crippen LogP contribution in [0.25, 0.3) is 0 Å². The summed E-state index contributed by atoms with van der Waals surface area (Å²) in [5, 5.41) is 12.0. The molecular weight excluding hydrogens is 210 g/mol. The Labute approximate surface area is 97.0 Å². The predicted octanol–water partition coefficient (Wildman–Crippen LogP) is 2.22. The second-order valence-corrected chi connectivity index (χ2v) is 4.97. The lowest BCUT2D eigenvalue weighted by atomic mass is 10.2. The Morgan fingerprint density at radius 2 is 2.07 bits per heavy atom. The van der Waals surface area contributed by atoms with Gasteiger partial charge in [-0.25, -0.2) is 0 Å². The molecule has 0 aliphatic rings. The minimum absolute atomic E-state index is 0.390. The van der Waals surface area contributed by atoms with Gasteiger partial charge in [0.05, 0.1) is 0 Å². The zero-order valence-electron chi connectivity index (χ0n) is 9.95. The number of hydrogen-bond acceptors (Lipinski definition) is 3. The van der Waals surface area contributed by atoms with Crippen LogP contribution >= 0.6 is 11.8 Å². The molecular formula is C11H23NO2S. The summed E-state index contributed by atoms with van der Waals surface area (Å²) in [5.41, 5.74) is 0. The van der Waals surface area contributed by atoms with Crippen molar-refractivity contribution in [1.29, 1.82) is 0 Å². The smallest absolute Gasteiger partial charge is 0.321 e. The highest BCUT2D eigenvalue weighted by molar-refractivity contribution is 7.99. The molecule has 2 unspecified atom stereocenters. The molecule has 0 aliphatic heterocycles. The van der Waals surface area contributed by atoms with E-state index in [0.717, 1.165) is 25.1 Å². The quantitative estimate of drug-likeness (QED) is 0.641. The van der Waals surface area contributed by atoms with Crippen molar-refractivity contribution in [3.8, 4) is 0 Å². The lowest BCUT2D eigenvalue weighted by molar-refractivity contribution is -0.138. The first-order valence-electron chi connectivity index (χ1n) is 5.65. The first-order chi connectivity index (χ1) is 7.11. The van der Waals surface area contributed by atoms with Gasteiger partial charge in [0.2, 0.25) is 0 Å². The van der Waals surface area contributed by atoms with Crippen molar-refractivity contribution < 1.29 is 9.90 Å². The molecule has 0 aliphatic carbocycles. The van der Waals surface area contributed by atoms with Crippen LogP contribution < -0.4 is 5.32 Å². The lowest BCUT2D eigenvalue weighted by Gasteiger charge is -2.14. The van der Waals surface area contributed by atoms with Gasteiger partial charge < -0.3 is 10.4 Å². The molecule has 2 N–H and O–H groups in total. The van der Waals surface area contributed by atoms with Crippen LogP contribution in [0.1, 0.15) is 33.6 Å². The van der Waals surface area contributed by atoms with Crippen molar-refractivity contribution in [1.82, 2.24) is 5.32 Å². The van der Waals surface area contributed by atoms with E-state index in [4.69, 9.17) is 5.11 Å². The van der Waals surface area contributed by atoms with Gasteiger partial charge in [-0.05, 0) is 24.6 Å². The van der Waals surface area contributed by atoms with Crippen molar-refractivity contribution >= 4 is 17.7 Å². The van der Waals surface area contributed by atoms with E-state index in [2.05, 4.69) is 19.2 Å². The lowest BCUT2D eigenvalue weighted by Crippen LogP contribution is -2.39. The van der Waals surface area contributed by atoms with E-state index in [1.54, 1.807) is 11.8 Å². The molecule has 0 saturated heterocycles. The SMILES string of the molecule is CCCNC(CSCC(C)CC)C(=O)O. The van der Waals surface area contributed by atoms with E-state index in [-0.39, 0.29) is 6.04 Å². The minimum atomic E-state index is -0.736. The number of carboxylic acids is 1. The molecule has 0 aromatic rings. The summed E-state index contributed by atoms with van der Waals surface area (Å²) in [7, 11) is 0. The van der Waals surface area contributed by atoms with Gasteiger partial charge in [0.15, 0.2) is 0 Å². The van der Waals surface area contributed by atoms with Crippen LogP contribution in [0.5, 0.6) is 0 Å². The molecule has 0 aromatic heterocycles. The third-order valence-corrected chi connectivity index (χ3v) is 3.70. The molecule has 0 fully saturated rings. The van der Waals surface area contributed by atoms with Crippen LogP contribution in [0, 0.1) is 5.92 Å². The average molecular weight is 233 g/mol. The molecule has 3 nitrogen and oxygen atoms in total. The Morgan fingerprint density at radius 1 is 1.40 bits per heavy atom. The molecule has 4 heteroatoms. The van der Waals surface area contributed by atoms with Crippen LogP contribution in [0.3, 0.4) is 0 Å². The monoisotopic (exact) mass is 233 g/mol. The number of carboxylic acid groups (broad SMARTS) is 1. The average Bonchev–Trinajstić information content (AvgIpc) is 2.22. The molecule has 2 atom stereocenters. The Hall–Kier alpha value is -0.220. The summed E-state index contributed by atoms with van der Waals surface area (Å²) in [5.74, 6) is 1.66. The fourth-order valence-corrected chi connectivity index (χ4v) is 2.31. The second kappa shape index (κ2) is 9.04. The van der Waals surface area contributed by atoms with Crippen molar-refractivity contribution in [3.63, 3.8) is 0 Å². The summed E-state index contributed by atoms with van der Waals surface area (Å²) in [4.78, 5) is 10.9. The number of nitrogens with one attached hydrogen (secondary N) is 1. The third kappa shape index (κ3) is 7.68. The van der Waals surface area contributed by atoms with E-state index in [9.17, 15) is 4.79 Å². The second-order valence-electron chi connectivity index (χ2n) is 3.90. The topological polar surface area (TPSA) is 49.3 Å². The maximum absolute atomic E-state index is 10.9. The largest absolute Gasteiger partial charge is 0.480 e. The molecule has 0 bridgehead atoms. The zero-order chi connectivity index (χ0) is 11.7. The van der Waals surface area contributed by atoms with Gasteiger partial charge in [-0.1, -0.05) is 27.2 Å². The molecule has 0 saturated carbocycles. The van der Waals surface area contributed by atoms with E-state index < -0.39 is 5.97 Å². The van der Waals surface area contributed by atoms with Gasteiger partial charge >= 0.3 is 5.97 Å². The molecule has 15 heavy (non-hydrogen) atoms. The number of rotatable bonds is 9. The Kier molecular flexibility index (Phi) is 8.91. The summed E-state index contributed by atoms with van der Waals surface area (Å²) < 4.78 is 0. The highest BCUT2D eigenvalue weighted by Gasteiger charge is 2.16. The first kappa shape index (κ1) is 14.8. The zero-order valence-corrected chi connectivity index (χ0v) is 10.8. The first-order valence-corrected chi connectivity index (χ1v) is 6.81. The highest BCUT2D eigenvalue weighted by atomic mass is 32.2. The van der Waals surface area contributed by atoms with Crippen LogP contribution in [0.4, 0.5) is 0 Å². The Balaban J connectivity index is 3.71. The molecule has 0 radical (unpaired) electrons. The van der Waals surface area contributed by atoms with E-state index in [1.165, 1.54) is 0 Å². The minimum Gasteiger partial charge on any atom is -0.480 e. The van der Waals surface area contributed by atoms with Crippen molar-refractivity contribution in [3.05, 3.63) is 0 Å². The predicted molar refractivity (Wildman–Crippen MR) is 66.5 cm³/mol. The van der Waals surface area contributed by atoms with Crippen molar-refractivity contribution in [2.24, 2.45) is 5.92 Å². The van der Waals surface area contributed by atoms with Crippen molar-refractivity contribution in [2.75, 3.05) is 18.1 Å². The Bertz CT molecular complexity index is 176. The maximum atomic E-state index is 10.9. The van der Waals surface area contributed by atoms with E-state index in [0.29, 0.717) is 11.7 Å². The van der Waals surface area contributed by atoms with Gasteiger partial charge in [0, 0.05) is 5.75 Å². The van der Waals surface area contributed by atoms with E-state index in [1.807, 2.05) is 6.92 Å². The van der Waals surface area contributed by atoms with Crippen LogP contribution in [-0.2, 0) is 4.79 Å². The highest BCUT2D eigenvalue weighted by Crippen LogP contribution is 2.12. The molecule has 90 valence electrons. The van der Waals surface area contributed by atoms with Gasteiger partial charge in [0.1, 0.15) is 6.04 Å². The molecule has 0 aromatic carbocycles. The molecule has 0 rings (SSSR count). The van der Waals surface area contributed by atoms with E-state index >= 15 is 0 Å². The summed E-state index contributed by atoms with van der Waals surface area (Å²) in [6, 6.07) is -0.390. The number of thioether (sulfide) groups is 1.